The second-order valence-corrected chi connectivity index (χ2v) is 7.62. The van der Waals surface area contributed by atoms with Crippen molar-refractivity contribution in [2.75, 3.05) is 6.54 Å². The molecule has 0 aliphatic carbocycles. The summed E-state index contributed by atoms with van der Waals surface area (Å²) in [4.78, 5) is 25.9. The van der Waals surface area contributed by atoms with E-state index in [1.54, 1.807) is 0 Å². The van der Waals surface area contributed by atoms with Gasteiger partial charge in [0.15, 0.2) is 0 Å². The summed E-state index contributed by atoms with van der Waals surface area (Å²) >= 11 is 7.28. The predicted octanol–water partition coefficient (Wildman–Crippen LogP) is 4.94. The quantitative estimate of drug-likeness (QED) is 0.673. The molecule has 0 saturated carbocycles. The minimum atomic E-state index is -0.390. The van der Waals surface area contributed by atoms with Crippen molar-refractivity contribution in [3.63, 3.8) is 0 Å². The van der Waals surface area contributed by atoms with E-state index in [9.17, 15) is 9.59 Å². The van der Waals surface area contributed by atoms with Crippen LogP contribution in [-0.2, 0) is 17.8 Å². The van der Waals surface area contributed by atoms with Gasteiger partial charge in [0.1, 0.15) is 12.4 Å². The molecule has 0 N–H and O–H groups in total. The zero-order valence-corrected chi connectivity index (χ0v) is 16.1. The molecule has 2 amide bonds. The van der Waals surface area contributed by atoms with Gasteiger partial charge in [-0.25, -0.2) is 0 Å². The monoisotopic (exact) mass is 389 g/mol. The van der Waals surface area contributed by atoms with Gasteiger partial charge >= 0.3 is 0 Å². The van der Waals surface area contributed by atoms with Gasteiger partial charge in [-0.3, -0.25) is 14.5 Å². The van der Waals surface area contributed by atoms with Crippen LogP contribution in [0.1, 0.15) is 24.5 Å². The van der Waals surface area contributed by atoms with Gasteiger partial charge in [-0.05, 0) is 30.5 Å². The Kier molecular flexibility index (Phi) is 6.22. The van der Waals surface area contributed by atoms with Gasteiger partial charge in [0.2, 0.25) is 5.91 Å². The Balaban J connectivity index is 1.71. The Morgan fingerprint density at radius 3 is 2.50 bits per heavy atom. The van der Waals surface area contributed by atoms with Gasteiger partial charge in [-0.2, -0.15) is 0 Å². The fourth-order valence-corrected chi connectivity index (χ4v) is 4.07. The van der Waals surface area contributed by atoms with E-state index in [0.717, 1.165) is 29.3 Å². The van der Waals surface area contributed by atoms with Gasteiger partial charge in [0.05, 0.1) is 5.25 Å². The summed E-state index contributed by atoms with van der Waals surface area (Å²) in [5.41, 5.74) is 1.82. The van der Waals surface area contributed by atoms with Crippen LogP contribution in [0, 0.1) is 0 Å². The molecule has 0 bridgehead atoms. The van der Waals surface area contributed by atoms with Crippen molar-refractivity contribution in [3.05, 3.63) is 64.7 Å². The molecule has 3 rings (SSSR count). The third kappa shape index (κ3) is 4.22. The minimum absolute atomic E-state index is 0.109. The highest BCUT2D eigenvalue weighted by Crippen LogP contribution is 2.32. The van der Waals surface area contributed by atoms with Crippen molar-refractivity contribution in [2.24, 2.45) is 0 Å². The average molecular weight is 390 g/mol. The first-order valence-corrected chi connectivity index (χ1v) is 9.82. The first kappa shape index (κ1) is 18.8. The number of benzene rings is 2. The third-order valence-electron chi connectivity index (χ3n) is 4.17. The number of carbonyl (C=O) groups excluding carboxylic acids is 2. The molecule has 0 spiro atoms. The van der Waals surface area contributed by atoms with Crippen molar-refractivity contribution < 1.29 is 14.3 Å². The number of nitrogens with zero attached hydrogens (tertiary/aromatic N) is 1. The molecule has 4 nitrogen and oxygen atoms in total. The third-order valence-corrected chi connectivity index (χ3v) is 5.61. The molecule has 1 aliphatic rings. The highest BCUT2D eigenvalue weighted by Gasteiger charge is 2.39. The second kappa shape index (κ2) is 8.60. The summed E-state index contributed by atoms with van der Waals surface area (Å²) in [6.07, 6.45) is 1.23. The van der Waals surface area contributed by atoms with E-state index in [4.69, 9.17) is 16.3 Å². The number of carbonyl (C=O) groups is 2. The van der Waals surface area contributed by atoms with E-state index >= 15 is 0 Å². The van der Waals surface area contributed by atoms with Crippen molar-refractivity contribution in [1.82, 2.24) is 4.90 Å². The molecule has 1 atom stereocenters. The van der Waals surface area contributed by atoms with Crippen LogP contribution in [-0.4, -0.2) is 27.8 Å². The summed E-state index contributed by atoms with van der Waals surface area (Å²) in [5, 5.41) is 0.114. The first-order valence-electron chi connectivity index (χ1n) is 8.56. The standard InChI is InChI=1S/C20H20ClNO3S/c1-2-11-22-19(23)18(26-20(22)24)12-14-7-4-6-10-17(14)25-13-15-8-3-5-9-16(15)21/h3-10,18H,2,11-13H2,1H3/t18-/m0/s1. The zero-order chi connectivity index (χ0) is 18.5. The average Bonchev–Trinajstić information content (AvgIpc) is 2.90. The van der Waals surface area contributed by atoms with Gasteiger partial charge in [0, 0.05) is 17.1 Å². The minimum Gasteiger partial charge on any atom is -0.489 e. The molecule has 1 saturated heterocycles. The molecule has 26 heavy (non-hydrogen) atoms. The topological polar surface area (TPSA) is 46.6 Å². The van der Waals surface area contributed by atoms with Crippen LogP contribution in [0.25, 0.3) is 0 Å². The van der Waals surface area contributed by atoms with Crippen LogP contribution in [0.5, 0.6) is 5.75 Å². The van der Waals surface area contributed by atoms with E-state index in [0.29, 0.717) is 30.3 Å². The smallest absolute Gasteiger partial charge is 0.289 e. The molecule has 0 radical (unpaired) electrons. The van der Waals surface area contributed by atoms with Crippen LogP contribution in [0.4, 0.5) is 4.79 Å². The van der Waals surface area contributed by atoms with Gasteiger partial charge in [0.25, 0.3) is 5.24 Å². The maximum atomic E-state index is 12.5. The van der Waals surface area contributed by atoms with Crippen LogP contribution in [0.2, 0.25) is 5.02 Å². The largest absolute Gasteiger partial charge is 0.489 e. The SMILES string of the molecule is CCCN1C(=O)S[C@@H](Cc2ccccc2OCc2ccccc2Cl)C1=O. The molecule has 2 aromatic carbocycles. The Morgan fingerprint density at radius 2 is 1.77 bits per heavy atom. The van der Waals surface area contributed by atoms with E-state index < -0.39 is 0 Å². The fraction of sp³-hybridized carbons (Fsp3) is 0.300. The number of amides is 2. The Hall–Kier alpha value is -1.98. The number of imide groups is 1. The van der Waals surface area contributed by atoms with Crippen molar-refractivity contribution in [3.8, 4) is 5.75 Å². The molecule has 0 unspecified atom stereocenters. The van der Waals surface area contributed by atoms with Gasteiger partial charge in [-0.15, -0.1) is 0 Å². The lowest BCUT2D eigenvalue weighted by atomic mass is 10.1. The molecule has 136 valence electrons. The highest BCUT2D eigenvalue weighted by molar-refractivity contribution is 8.15. The molecule has 1 aliphatic heterocycles. The predicted molar refractivity (Wildman–Crippen MR) is 105 cm³/mol. The zero-order valence-electron chi connectivity index (χ0n) is 14.5. The number of ether oxygens (including phenoxy) is 1. The highest BCUT2D eigenvalue weighted by atomic mass is 35.5. The number of para-hydroxylation sites is 1. The van der Waals surface area contributed by atoms with Crippen molar-refractivity contribution in [1.29, 1.82) is 0 Å². The summed E-state index contributed by atoms with van der Waals surface area (Å²) in [5.74, 6) is 0.602. The van der Waals surface area contributed by atoms with Gasteiger partial charge < -0.3 is 4.74 Å². The van der Waals surface area contributed by atoms with Crippen LogP contribution in [0.15, 0.2) is 48.5 Å². The number of hydrogen-bond acceptors (Lipinski definition) is 4. The summed E-state index contributed by atoms with van der Waals surface area (Å²) in [6.45, 7) is 2.78. The van der Waals surface area contributed by atoms with Gasteiger partial charge in [-0.1, -0.05) is 66.7 Å². The van der Waals surface area contributed by atoms with Crippen molar-refractivity contribution >= 4 is 34.5 Å². The molecule has 1 fully saturated rings. The fourth-order valence-electron chi connectivity index (χ4n) is 2.84. The molecular formula is C20H20ClNO3S. The molecule has 0 aromatic heterocycles. The Labute approximate surface area is 162 Å². The van der Waals surface area contributed by atoms with Crippen LogP contribution < -0.4 is 4.74 Å². The summed E-state index contributed by atoms with van der Waals surface area (Å²) in [6, 6.07) is 15.2. The molecule has 1 heterocycles. The second-order valence-electron chi connectivity index (χ2n) is 6.05. The lowest BCUT2D eigenvalue weighted by molar-refractivity contribution is -0.126. The number of halogens is 1. The lowest BCUT2D eigenvalue weighted by Gasteiger charge is -2.15. The van der Waals surface area contributed by atoms with Crippen molar-refractivity contribution in [2.45, 2.75) is 31.6 Å². The number of hydrogen-bond donors (Lipinski definition) is 0. The first-order chi connectivity index (χ1) is 12.6. The molecular weight excluding hydrogens is 370 g/mol. The lowest BCUT2D eigenvalue weighted by Crippen LogP contribution is -2.32. The number of rotatable bonds is 7. The Morgan fingerprint density at radius 1 is 1.08 bits per heavy atom. The summed E-state index contributed by atoms with van der Waals surface area (Å²) < 4.78 is 5.95. The van der Waals surface area contributed by atoms with E-state index in [-0.39, 0.29) is 16.4 Å². The Bertz CT molecular complexity index is 811. The summed E-state index contributed by atoms with van der Waals surface area (Å²) in [7, 11) is 0. The van der Waals surface area contributed by atoms with E-state index in [1.807, 2.05) is 55.5 Å². The molecule has 2 aromatic rings. The maximum absolute atomic E-state index is 12.5. The maximum Gasteiger partial charge on any atom is 0.289 e. The van der Waals surface area contributed by atoms with Crippen LogP contribution >= 0.6 is 23.4 Å². The molecule has 6 heteroatoms. The van der Waals surface area contributed by atoms with Crippen LogP contribution in [0.3, 0.4) is 0 Å². The normalized spacial score (nSPS) is 17.0. The van der Waals surface area contributed by atoms with E-state index in [1.165, 1.54) is 4.90 Å². The van der Waals surface area contributed by atoms with E-state index in [2.05, 4.69) is 0 Å². The number of thioether (sulfide) groups is 1.